The molecule has 2 aromatic rings. The van der Waals surface area contributed by atoms with E-state index in [2.05, 4.69) is 56.5 Å². The highest BCUT2D eigenvalue weighted by Crippen LogP contribution is 2.33. The fourth-order valence-electron chi connectivity index (χ4n) is 2.43. The van der Waals surface area contributed by atoms with Crippen LogP contribution in [-0.2, 0) is 6.54 Å². The van der Waals surface area contributed by atoms with Crippen molar-refractivity contribution in [3.8, 4) is 0 Å². The molecule has 1 N–H and O–H groups in total. The third kappa shape index (κ3) is 4.79. The number of allylic oxidation sites excluding steroid dienone is 1. The predicted molar refractivity (Wildman–Crippen MR) is 98.3 cm³/mol. The van der Waals surface area contributed by atoms with E-state index in [1.807, 2.05) is 22.9 Å². The molecule has 0 saturated carbocycles. The van der Waals surface area contributed by atoms with Crippen LogP contribution in [-0.4, -0.2) is 34.3 Å². The number of tetrazole rings is 1. The fraction of sp³-hybridized carbons (Fsp3) is 0.471. The van der Waals surface area contributed by atoms with Gasteiger partial charge in [-0.25, -0.2) is 4.68 Å². The highest BCUT2D eigenvalue weighted by molar-refractivity contribution is 6.35. The molecule has 24 heavy (non-hydrogen) atoms. The minimum Gasteiger partial charge on any atom is -0.333 e. The molecule has 0 aliphatic rings. The van der Waals surface area contributed by atoms with E-state index in [4.69, 9.17) is 23.2 Å². The zero-order valence-electron chi connectivity index (χ0n) is 14.7. The van der Waals surface area contributed by atoms with Crippen LogP contribution in [0.3, 0.4) is 0 Å². The Bertz CT molecular complexity index is 716. The fourth-order valence-corrected chi connectivity index (χ4v) is 2.90. The lowest BCUT2D eigenvalue weighted by atomic mass is 9.86. The molecule has 130 valence electrons. The summed E-state index contributed by atoms with van der Waals surface area (Å²) in [6.07, 6.45) is 4.10. The Labute approximate surface area is 153 Å². The number of nitrogens with zero attached hydrogens (tertiary/aromatic N) is 4. The van der Waals surface area contributed by atoms with Crippen LogP contribution in [0.1, 0.15) is 38.2 Å². The van der Waals surface area contributed by atoms with Crippen molar-refractivity contribution in [3.05, 3.63) is 45.7 Å². The Balaban J connectivity index is 2.37. The van der Waals surface area contributed by atoms with Gasteiger partial charge in [-0.3, -0.25) is 0 Å². The van der Waals surface area contributed by atoms with E-state index in [9.17, 15) is 0 Å². The molecule has 0 aliphatic heterocycles. The van der Waals surface area contributed by atoms with E-state index < -0.39 is 0 Å². The zero-order valence-corrected chi connectivity index (χ0v) is 16.2. The van der Waals surface area contributed by atoms with E-state index in [0.717, 1.165) is 17.9 Å². The molecule has 0 aliphatic carbocycles. The molecule has 0 saturated heterocycles. The molecule has 7 heteroatoms. The van der Waals surface area contributed by atoms with Crippen molar-refractivity contribution in [2.75, 3.05) is 14.1 Å². The highest BCUT2D eigenvalue weighted by Gasteiger charge is 2.28. The van der Waals surface area contributed by atoms with Gasteiger partial charge in [0.2, 0.25) is 5.82 Å². The normalized spacial score (nSPS) is 13.8. The average molecular weight is 369 g/mol. The summed E-state index contributed by atoms with van der Waals surface area (Å²) in [7, 11) is 4.16. The number of nitrogens with one attached hydrogen (secondary N) is 1. The van der Waals surface area contributed by atoms with Crippen molar-refractivity contribution >= 4 is 29.3 Å². The Morgan fingerprint density at radius 3 is 2.54 bits per heavy atom. The summed E-state index contributed by atoms with van der Waals surface area (Å²) < 4.78 is 1.90. The van der Waals surface area contributed by atoms with Crippen LogP contribution in [0.25, 0.3) is 6.08 Å². The molecule has 0 amide bonds. The molecule has 2 rings (SSSR count). The largest absolute Gasteiger partial charge is 0.333 e. The average Bonchev–Trinajstić information content (AvgIpc) is 2.87. The first-order valence-corrected chi connectivity index (χ1v) is 8.63. The maximum absolute atomic E-state index is 6.27. The third-order valence-corrected chi connectivity index (χ3v) is 4.21. The molecule has 0 spiro atoms. The van der Waals surface area contributed by atoms with Crippen molar-refractivity contribution in [1.82, 2.24) is 20.2 Å². The molecule has 0 unspecified atom stereocenters. The van der Waals surface area contributed by atoms with Crippen LogP contribution in [0.15, 0.2) is 24.3 Å². The Morgan fingerprint density at radius 1 is 1.25 bits per heavy atom. The van der Waals surface area contributed by atoms with Crippen molar-refractivity contribution < 1.29 is 4.90 Å². The summed E-state index contributed by atoms with van der Waals surface area (Å²) in [5.41, 5.74) is 0.865. The third-order valence-electron chi connectivity index (χ3n) is 3.64. The van der Waals surface area contributed by atoms with E-state index >= 15 is 0 Å². The molecule has 1 aromatic carbocycles. The molecule has 1 heterocycles. The topological polar surface area (TPSA) is 48.0 Å². The van der Waals surface area contributed by atoms with Crippen LogP contribution < -0.4 is 4.90 Å². The lowest BCUT2D eigenvalue weighted by Gasteiger charge is -2.28. The lowest BCUT2D eigenvalue weighted by molar-refractivity contribution is -0.873. The maximum atomic E-state index is 6.27. The van der Waals surface area contributed by atoms with Gasteiger partial charge in [0.1, 0.15) is 6.54 Å². The van der Waals surface area contributed by atoms with Gasteiger partial charge in [0.25, 0.3) is 0 Å². The van der Waals surface area contributed by atoms with Crippen molar-refractivity contribution in [1.29, 1.82) is 0 Å². The number of benzene rings is 1. The van der Waals surface area contributed by atoms with Crippen molar-refractivity contribution in [2.24, 2.45) is 5.41 Å². The molecule has 0 bridgehead atoms. The molecule has 1 aromatic heterocycles. The monoisotopic (exact) mass is 368 g/mol. The van der Waals surface area contributed by atoms with Gasteiger partial charge in [-0.05, 0) is 33.5 Å². The van der Waals surface area contributed by atoms with Gasteiger partial charge >= 0.3 is 0 Å². The lowest BCUT2D eigenvalue weighted by Crippen LogP contribution is -3.04. The molecular weight excluding hydrogens is 345 g/mol. The van der Waals surface area contributed by atoms with E-state index in [1.54, 1.807) is 6.07 Å². The first-order valence-electron chi connectivity index (χ1n) is 7.87. The van der Waals surface area contributed by atoms with Crippen molar-refractivity contribution in [3.63, 3.8) is 0 Å². The van der Waals surface area contributed by atoms with E-state index in [-0.39, 0.29) is 11.5 Å². The first kappa shape index (κ1) is 18.9. The number of aromatic nitrogens is 4. The number of hydrogen-bond acceptors (Lipinski definition) is 3. The SMILES string of the molecule is C[NH+](C)Cc1nnnn1[C@H](/C=C/c1ccc(Cl)cc1Cl)C(C)(C)C. The summed E-state index contributed by atoms with van der Waals surface area (Å²) in [5.74, 6) is 0.863. The van der Waals surface area contributed by atoms with Crippen LogP contribution in [0, 0.1) is 5.41 Å². The van der Waals surface area contributed by atoms with Gasteiger partial charge in [0.15, 0.2) is 0 Å². The number of quaternary nitrogens is 1. The summed E-state index contributed by atoms with van der Waals surface area (Å²) in [6.45, 7) is 7.26. The number of halogens is 2. The van der Waals surface area contributed by atoms with Crippen LogP contribution in [0.2, 0.25) is 10.0 Å². The molecule has 0 radical (unpaired) electrons. The molecule has 0 fully saturated rings. The van der Waals surface area contributed by atoms with Crippen molar-refractivity contribution in [2.45, 2.75) is 33.4 Å². The van der Waals surface area contributed by atoms with Gasteiger partial charge in [-0.1, -0.05) is 62.2 Å². The zero-order chi connectivity index (χ0) is 17.9. The molecule has 1 atom stereocenters. The van der Waals surface area contributed by atoms with Crippen LogP contribution in [0.4, 0.5) is 0 Å². The van der Waals surface area contributed by atoms with Gasteiger partial charge in [-0.2, -0.15) is 0 Å². The molecule has 5 nitrogen and oxygen atoms in total. The Hall–Kier alpha value is -1.43. The second-order valence-electron chi connectivity index (χ2n) is 7.26. The van der Waals surface area contributed by atoms with E-state index in [0.29, 0.717) is 10.0 Å². The van der Waals surface area contributed by atoms with Gasteiger partial charge in [0.05, 0.1) is 20.1 Å². The number of rotatable bonds is 5. The van der Waals surface area contributed by atoms with Gasteiger partial charge in [-0.15, -0.1) is 5.10 Å². The second kappa shape index (κ2) is 7.64. The quantitative estimate of drug-likeness (QED) is 0.882. The number of hydrogen-bond donors (Lipinski definition) is 1. The summed E-state index contributed by atoms with van der Waals surface area (Å²) >= 11 is 12.2. The van der Waals surface area contributed by atoms with Gasteiger partial charge < -0.3 is 4.90 Å². The summed E-state index contributed by atoms with van der Waals surface area (Å²) in [5, 5.41) is 13.5. The minimum absolute atomic E-state index is 0.00796. The standard InChI is InChI=1S/C17H23Cl2N5/c1-17(2,3)15(24-16(11-23(4)5)20-21-22-24)9-7-12-6-8-13(18)10-14(12)19/h6-10,15H,11H2,1-5H3/p+1/b9-7+/t15-/m1/s1. The summed E-state index contributed by atoms with van der Waals surface area (Å²) in [6, 6.07) is 5.49. The Kier molecular flexibility index (Phi) is 6.01. The Morgan fingerprint density at radius 2 is 1.96 bits per heavy atom. The second-order valence-corrected chi connectivity index (χ2v) is 8.10. The van der Waals surface area contributed by atoms with E-state index in [1.165, 1.54) is 4.90 Å². The minimum atomic E-state index is -0.0544. The van der Waals surface area contributed by atoms with Crippen LogP contribution >= 0.6 is 23.2 Å². The first-order chi connectivity index (χ1) is 11.2. The predicted octanol–water partition coefficient (Wildman–Crippen LogP) is 2.93. The summed E-state index contributed by atoms with van der Waals surface area (Å²) in [4.78, 5) is 1.27. The molecular formula is C17H24Cl2N5+. The maximum Gasteiger partial charge on any atom is 0.206 e. The highest BCUT2D eigenvalue weighted by atomic mass is 35.5. The smallest absolute Gasteiger partial charge is 0.206 e. The van der Waals surface area contributed by atoms with Gasteiger partial charge in [0, 0.05) is 10.0 Å². The van der Waals surface area contributed by atoms with Crippen LogP contribution in [0.5, 0.6) is 0 Å².